The summed E-state index contributed by atoms with van der Waals surface area (Å²) in [6.07, 6.45) is 4.74. The molecule has 1 saturated carbocycles. The molecule has 1 aromatic rings. The Morgan fingerprint density at radius 2 is 2.10 bits per heavy atom. The number of nitrogens with zero attached hydrogens (tertiary/aromatic N) is 1. The summed E-state index contributed by atoms with van der Waals surface area (Å²) >= 11 is 0. The lowest BCUT2D eigenvalue weighted by atomic mass is 9.98. The number of amides is 1. The zero-order valence-corrected chi connectivity index (χ0v) is 13.2. The summed E-state index contributed by atoms with van der Waals surface area (Å²) in [5.41, 5.74) is 1.85. The predicted molar refractivity (Wildman–Crippen MR) is 79.8 cm³/mol. The monoisotopic (exact) mass is 294 g/mol. The number of carbonyl (C=O) groups is 1. The molecule has 1 aliphatic carbocycles. The summed E-state index contributed by atoms with van der Waals surface area (Å²) in [5.74, 6) is 0.950. The minimum Gasteiger partial charge on any atom is -0.391 e. The van der Waals surface area contributed by atoms with Crippen molar-refractivity contribution in [1.29, 1.82) is 0 Å². The highest BCUT2D eigenvalue weighted by Gasteiger charge is 2.24. The number of hydrogen-bond donors (Lipinski definition) is 2. The first kappa shape index (κ1) is 16.0. The molecule has 0 bridgehead atoms. The number of nitrogens with one attached hydrogen (secondary N) is 1. The number of aliphatic hydroxyl groups is 1. The van der Waals surface area contributed by atoms with Gasteiger partial charge >= 0.3 is 0 Å². The van der Waals surface area contributed by atoms with Gasteiger partial charge in [-0.2, -0.15) is 0 Å². The van der Waals surface area contributed by atoms with Gasteiger partial charge in [-0.15, -0.1) is 0 Å². The SMILES string of the molecule is Cc1noc(C)c1CC(C)C(=O)NCC(O)C1CCCC1. The lowest BCUT2D eigenvalue weighted by Gasteiger charge is -2.19. The molecule has 0 aliphatic heterocycles. The number of aromatic nitrogens is 1. The van der Waals surface area contributed by atoms with Crippen LogP contribution >= 0.6 is 0 Å². The van der Waals surface area contributed by atoms with Gasteiger partial charge in [0.25, 0.3) is 0 Å². The molecule has 118 valence electrons. The second-order valence-electron chi connectivity index (χ2n) is 6.26. The van der Waals surface area contributed by atoms with Crippen molar-refractivity contribution in [3.63, 3.8) is 0 Å². The van der Waals surface area contributed by atoms with Gasteiger partial charge < -0.3 is 14.9 Å². The first-order valence-corrected chi connectivity index (χ1v) is 7.86. The minimum absolute atomic E-state index is 0.0213. The largest absolute Gasteiger partial charge is 0.391 e. The maximum Gasteiger partial charge on any atom is 0.223 e. The second kappa shape index (κ2) is 7.07. The van der Waals surface area contributed by atoms with Gasteiger partial charge in [0.1, 0.15) is 5.76 Å². The zero-order valence-electron chi connectivity index (χ0n) is 13.2. The number of rotatable bonds is 6. The zero-order chi connectivity index (χ0) is 15.4. The molecule has 1 fully saturated rings. The smallest absolute Gasteiger partial charge is 0.223 e. The van der Waals surface area contributed by atoms with E-state index in [2.05, 4.69) is 10.5 Å². The van der Waals surface area contributed by atoms with Crippen molar-refractivity contribution in [2.24, 2.45) is 11.8 Å². The molecule has 2 N–H and O–H groups in total. The van der Waals surface area contributed by atoms with Gasteiger partial charge in [-0.25, -0.2) is 0 Å². The highest BCUT2D eigenvalue weighted by Crippen LogP contribution is 2.27. The van der Waals surface area contributed by atoms with E-state index in [0.717, 1.165) is 29.9 Å². The third-order valence-corrected chi connectivity index (χ3v) is 4.57. The standard InChI is InChI=1S/C16H26N2O3/c1-10(8-14-11(2)18-21-12(14)3)16(20)17-9-15(19)13-6-4-5-7-13/h10,13,15,19H,4-9H2,1-3H3,(H,17,20). The van der Waals surface area contributed by atoms with Crippen LogP contribution in [0.25, 0.3) is 0 Å². The molecular formula is C16H26N2O3. The van der Waals surface area contributed by atoms with Crippen LogP contribution in [0.2, 0.25) is 0 Å². The second-order valence-corrected chi connectivity index (χ2v) is 6.26. The topological polar surface area (TPSA) is 75.4 Å². The molecule has 1 amide bonds. The fraction of sp³-hybridized carbons (Fsp3) is 0.750. The molecule has 0 saturated heterocycles. The normalized spacial score (nSPS) is 18.7. The van der Waals surface area contributed by atoms with Crippen LogP contribution in [0.1, 0.15) is 49.6 Å². The van der Waals surface area contributed by atoms with Gasteiger partial charge in [-0.3, -0.25) is 4.79 Å². The van der Waals surface area contributed by atoms with Crippen LogP contribution in [0.5, 0.6) is 0 Å². The lowest BCUT2D eigenvalue weighted by Crippen LogP contribution is -2.38. The van der Waals surface area contributed by atoms with E-state index in [1.54, 1.807) is 0 Å². The van der Waals surface area contributed by atoms with E-state index in [4.69, 9.17) is 4.52 Å². The molecule has 1 aliphatic rings. The molecule has 2 unspecified atom stereocenters. The lowest BCUT2D eigenvalue weighted by molar-refractivity contribution is -0.125. The van der Waals surface area contributed by atoms with E-state index in [0.29, 0.717) is 18.9 Å². The van der Waals surface area contributed by atoms with Gasteiger partial charge in [0, 0.05) is 18.0 Å². The van der Waals surface area contributed by atoms with Crippen LogP contribution < -0.4 is 5.32 Å². The summed E-state index contributed by atoms with van der Waals surface area (Å²) in [7, 11) is 0. The molecule has 1 aromatic heterocycles. The Bertz CT molecular complexity index is 458. The first-order chi connectivity index (χ1) is 9.99. The Labute approximate surface area is 126 Å². The fourth-order valence-electron chi connectivity index (χ4n) is 3.08. The number of aryl methyl sites for hydroxylation is 2. The maximum absolute atomic E-state index is 12.1. The molecule has 0 aromatic carbocycles. The number of aliphatic hydroxyl groups excluding tert-OH is 1. The molecule has 2 rings (SSSR count). The fourth-order valence-corrected chi connectivity index (χ4v) is 3.08. The number of carbonyl (C=O) groups excluding carboxylic acids is 1. The van der Waals surface area contributed by atoms with Crippen LogP contribution in [-0.2, 0) is 11.2 Å². The van der Waals surface area contributed by atoms with Crippen LogP contribution in [-0.4, -0.2) is 28.8 Å². The van der Waals surface area contributed by atoms with E-state index in [-0.39, 0.29) is 11.8 Å². The van der Waals surface area contributed by atoms with Crippen LogP contribution in [0.4, 0.5) is 0 Å². The van der Waals surface area contributed by atoms with Gasteiger partial charge in [0.15, 0.2) is 0 Å². The van der Waals surface area contributed by atoms with Crippen LogP contribution in [0.15, 0.2) is 4.52 Å². The minimum atomic E-state index is -0.414. The Hall–Kier alpha value is -1.36. The van der Waals surface area contributed by atoms with Crippen molar-refractivity contribution >= 4 is 5.91 Å². The van der Waals surface area contributed by atoms with Gasteiger partial charge in [-0.1, -0.05) is 24.9 Å². The summed E-state index contributed by atoms with van der Waals surface area (Å²) in [5, 5.41) is 16.9. The average Bonchev–Trinajstić information content (AvgIpc) is 3.09. The van der Waals surface area contributed by atoms with Crippen molar-refractivity contribution in [1.82, 2.24) is 10.5 Å². The number of hydrogen-bond acceptors (Lipinski definition) is 4. The van der Waals surface area contributed by atoms with Gasteiger partial charge in [0.05, 0.1) is 11.8 Å². The Kier molecular flexibility index (Phi) is 5.39. The molecule has 5 heteroatoms. The summed E-state index contributed by atoms with van der Waals surface area (Å²) in [6.45, 7) is 6.00. The molecular weight excluding hydrogens is 268 g/mol. The van der Waals surface area contributed by atoms with Crippen molar-refractivity contribution < 1.29 is 14.4 Å². The molecule has 21 heavy (non-hydrogen) atoms. The highest BCUT2D eigenvalue weighted by atomic mass is 16.5. The quantitative estimate of drug-likeness (QED) is 0.843. The van der Waals surface area contributed by atoms with Crippen LogP contribution in [0, 0.1) is 25.7 Å². The molecule has 0 radical (unpaired) electrons. The molecule has 2 atom stereocenters. The summed E-state index contributed by atoms with van der Waals surface area (Å²) in [6, 6.07) is 0. The van der Waals surface area contributed by atoms with Crippen molar-refractivity contribution in [3.05, 3.63) is 17.0 Å². The maximum atomic E-state index is 12.1. The Morgan fingerprint density at radius 1 is 1.43 bits per heavy atom. The van der Waals surface area contributed by atoms with Gasteiger partial charge in [-0.05, 0) is 39.0 Å². The summed E-state index contributed by atoms with van der Waals surface area (Å²) < 4.78 is 5.12. The van der Waals surface area contributed by atoms with E-state index in [1.807, 2.05) is 20.8 Å². The molecule has 1 heterocycles. The summed E-state index contributed by atoms with van der Waals surface area (Å²) in [4.78, 5) is 12.1. The van der Waals surface area contributed by atoms with E-state index in [1.165, 1.54) is 12.8 Å². The van der Waals surface area contributed by atoms with Crippen molar-refractivity contribution in [2.45, 2.75) is 59.0 Å². The molecule has 5 nitrogen and oxygen atoms in total. The highest BCUT2D eigenvalue weighted by molar-refractivity contribution is 5.78. The third kappa shape index (κ3) is 4.06. The van der Waals surface area contributed by atoms with E-state index >= 15 is 0 Å². The first-order valence-electron chi connectivity index (χ1n) is 7.86. The van der Waals surface area contributed by atoms with Crippen molar-refractivity contribution in [2.75, 3.05) is 6.54 Å². The van der Waals surface area contributed by atoms with Crippen LogP contribution in [0.3, 0.4) is 0 Å². The average molecular weight is 294 g/mol. The van der Waals surface area contributed by atoms with Gasteiger partial charge in [0.2, 0.25) is 5.91 Å². The van der Waals surface area contributed by atoms with Crippen molar-refractivity contribution in [3.8, 4) is 0 Å². The predicted octanol–water partition coefficient (Wildman–Crippen LogP) is 2.14. The Balaban J connectivity index is 1.79. The molecule has 0 spiro atoms. The Morgan fingerprint density at radius 3 is 2.67 bits per heavy atom. The van der Waals surface area contributed by atoms with E-state index in [9.17, 15) is 9.90 Å². The third-order valence-electron chi connectivity index (χ3n) is 4.57. The van der Waals surface area contributed by atoms with E-state index < -0.39 is 6.10 Å².